The van der Waals surface area contributed by atoms with Crippen molar-refractivity contribution in [1.29, 1.82) is 0 Å². The molecule has 2 atom stereocenters. The van der Waals surface area contributed by atoms with E-state index in [1.54, 1.807) is 13.3 Å². The van der Waals surface area contributed by atoms with Gasteiger partial charge in [-0.25, -0.2) is 19.2 Å². The van der Waals surface area contributed by atoms with Crippen LogP contribution in [0.25, 0.3) is 27.9 Å². The summed E-state index contributed by atoms with van der Waals surface area (Å²) in [6.45, 7) is 1.58. The Labute approximate surface area is 201 Å². The number of anilines is 1. The Morgan fingerprint density at radius 2 is 2.14 bits per heavy atom. The first-order valence-corrected chi connectivity index (χ1v) is 11.4. The molecule has 0 unspecified atom stereocenters. The lowest BCUT2D eigenvalue weighted by Crippen LogP contribution is -2.52. The van der Waals surface area contributed by atoms with Gasteiger partial charge in [-0.1, -0.05) is 18.2 Å². The molecule has 1 aliphatic rings. The second-order valence-corrected chi connectivity index (χ2v) is 8.43. The van der Waals surface area contributed by atoms with Crippen LogP contribution in [0.15, 0.2) is 54.9 Å². The van der Waals surface area contributed by atoms with Crippen LogP contribution in [0.3, 0.4) is 0 Å². The Kier molecular flexibility index (Phi) is 6.37. The van der Waals surface area contributed by atoms with E-state index in [4.69, 9.17) is 19.6 Å². The number of hydrogen-bond acceptors (Lipinski definition) is 6. The van der Waals surface area contributed by atoms with Gasteiger partial charge in [0.25, 0.3) is 0 Å². The number of hydrogen-bond donors (Lipinski definition) is 2. The van der Waals surface area contributed by atoms with Gasteiger partial charge in [0.2, 0.25) is 0 Å². The number of methoxy groups -OCH3 is 1. The molecule has 0 saturated carbocycles. The van der Waals surface area contributed by atoms with Crippen molar-refractivity contribution in [2.24, 2.45) is 0 Å². The molecule has 1 aromatic carbocycles. The van der Waals surface area contributed by atoms with Crippen LogP contribution in [-0.2, 0) is 4.74 Å². The molecule has 0 bridgehead atoms. The van der Waals surface area contributed by atoms with Crippen LogP contribution in [-0.4, -0.2) is 71.2 Å². The average molecular weight is 480 g/mol. The number of carboxylic acid groups (broad SMARTS) is 1. The van der Waals surface area contributed by atoms with Gasteiger partial charge in [0.05, 0.1) is 48.0 Å². The maximum atomic E-state index is 14.7. The molecule has 4 heterocycles. The molecule has 5 rings (SSSR count). The van der Waals surface area contributed by atoms with E-state index in [0.717, 1.165) is 33.6 Å². The topological polar surface area (TPSA) is 101 Å². The Bertz CT molecular complexity index is 1360. The van der Waals surface area contributed by atoms with Gasteiger partial charge in [-0.15, -0.1) is 0 Å². The zero-order chi connectivity index (χ0) is 24.4. The first-order valence-electron chi connectivity index (χ1n) is 11.4. The quantitative estimate of drug-likeness (QED) is 0.389. The fourth-order valence-corrected chi connectivity index (χ4v) is 4.46. The number of benzene rings is 1. The highest BCUT2D eigenvalue weighted by Gasteiger charge is 2.31. The summed E-state index contributed by atoms with van der Waals surface area (Å²) in [5.74, 6) is 0.710. The van der Waals surface area contributed by atoms with E-state index < -0.39 is 18.3 Å². The molecule has 1 aliphatic heterocycles. The van der Waals surface area contributed by atoms with E-state index in [-0.39, 0.29) is 6.54 Å². The number of carbonyl (C=O) groups is 1. The largest absolute Gasteiger partial charge is 0.491 e. The lowest BCUT2D eigenvalue weighted by atomic mass is 10.0. The second-order valence-electron chi connectivity index (χ2n) is 8.43. The van der Waals surface area contributed by atoms with Crippen LogP contribution in [0.4, 0.5) is 14.9 Å². The second kappa shape index (κ2) is 9.75. The smallest absolute Gasteiger partial charge is 0.404 e. The minimum absolute atomic E-state index is 0.0947. The number of pyridine rings is 2. The number of amides is 1. The number of rotatable bonds is 7. The van der Waals surface area contributed by atoms with E-state index in [2.05, 4.69) is 10.3 Å². The summed E-state index contributed by atoms with van der Waals surface area (Å²) < 4.78 is 27.4. The Morgan fingerprint density at radius 1 is 1.26 bits per heavy atom. The number of nitrogens with one attached hydrogen (secondary N) is 1. The Hall–Kier alpha value is -3.92. The lowest BCUT2D eigenvalue weighted by Gasteiger charge is -2.36. The normalized spacial score (nSPS) is 18.2. The number of piperidine rings is 1. The van der Waals surface area contributed by atoms with Gasteiger partial charge in [0, 0.05) is 31.3 Å². The van der Waals surface area contributed by atoms with Gasteiger partial charge in [-0.2, -0.15) is 0 Å². The van der Waals surface area contributed by atoms with Gasteiger partial charge in [0.1, 0.15) is 24.2 Å². The van der Waals surface area contributed by atoms with Gasteiger partial charge in [-0.05, 0) is 24.6 Å². The molecule has 0 radical (unpaired) electrons. The van der Waals surface area contributed by atoms with Crippen molar-refractivity contribution in [1.82, 2.24) is 19.7 Å². The monoisotopic (exact) mass is 479 g/mol. The minimum Gasteiger partial charge on any atom is -0.491 e. The maximum absolute atomic E-state index is 14.7. The highest BCUT2D eigenvalue weighted by atomic mass is 19.1. The summed E-state index contributed by atoms with van der Waals surface area (Å²) in [6.07, 6.45) is 1.53. The summed E-state index contributed by atoms with van der Waals surface area (Å²) in [7, 11) is 1.63. The molecule has 1 saturated heterocycles. The van der Waals surface area contributed by atoms with Crippen LogP contribution < -0.4 is 15.0 Å². The third-order valence-corrected chi connectivity index (χ3v) is 6.19. The summed E-state index contributed by atoms with van der Waals surface area (Å²) in [5, 5.41) is 12.2. The van der Waals surface area contributed by atoms with Crippen molar-refractivity contribution >= 4 is 28.3 Å². The summed E-state index contributed by atoms with van der Waals surface area (Å²) in [5.41, 5.74) is 3.88. The van der Waals surface area contributed by atoms with E-state index >= 15 is 0 Å². The number of aromatic nitrogens is 3. The summed E-state index contributed by atoms with van der Waals surface area (Å²) in [4.78, 5) is 22.3. The standard InChI is InChI=1S/C25H26FN5O4/c1-34-11-12-35-17-7-10-31-22(14-27-23(31)13-17)20-6-5-16-3-2-4-21(24(16)28-20)30-9-8-19(18(26)15-30)29-25(32)33/h2-7,10,13-14,18-19,29H,8-9,11-12,15H2,1H3,(H,32,33)/t18-,19+/m0/s1. The molecule has 1 amide bonds. The summed E-state index contributed by atoms with van der Waals surface area (Å²) >= 11 is 0. The Balaban J connectivity index is 1.45. The molecule has 10 heteroatoms. The van der Waals surface area contributed by atoms with E-state index in [9.17, 15) is 9.18 Å². The van der Waals surface area contributed by atoms with Crippen LogP contribution in [0.2, 0.25) is 0 Å². The molecule has 35 heavy (non-hydrogen) atoms. The van der Waals surface area contributed by atoms with Crippen LogP contribution in [0, 0.1) is 0 Å². The van der Waals surface area contributed by atoms with E-state index in [1.165, 1.54) is 0 Å². The van der Waals surface area contributed by atoms with Crippen molar-refractivity contribution in [3.8, 4) is 17.1 Å². The zero-order valence-electron chi connectivity index (χ0n) is 19.2. The number of ether oxygens (including phenoxy) is 2. The van der Waals surface area contributed by atoms with E-state index in [1.807, 2.05) is 58.0 Å². The van der Waals surface area contributed by atoms with Crippen molar-refractivity contribution < 1.29 is 23.8 Å². The molecule has 182 valence electrons. The first kappa shape index (κ1) is 22.9. The SMILES string of the molecule is COCCOc1ccn2c(-c3ccc4cccc(N5CC[C@@H](NC(=O)O)[C@@H](F)C5)c4n3)cnc2c1. The van der Waals surface area contributed by atoms with Gasteiger partial charge in [-0.3, -0.25) is 4.40 Å². The predicted molar refractivity (Wildman–Crippen MR) is 130 cm³/mol. The molecule has 2 N–H and O–H groups in total. The molecule has 9 nitrogen and oxygen atoms in total. The third-order valence-electron chi connectivity index (χ3n) is 6.19. The molecular weight excluding hydrogens is 453 g/mol. The fraction of sp³-hybridized carbons (Fsp3) is 0.320. The van der Waals surface area contributed by atoms with Crippen molar-refractivity contribution in [3.05, 3.63) is 54.9 Å². The van der Waals surface area contributed by atoms with Crippen molar-refractivity contribution in [2.45, 2.75) is 18.6 Å². The van der Waals surface area contributed by atoms with Gasteiger partial charge >= 0.3 is 6.09 Å². The number of fused-ring (bicyclic) bond motifs is 2. The van der Waals surface area contributed by atoms with E-state index in [0.29, 0.717) is 31.9 Å². The highest BCUT2D eigenvalue weighted by molar-refractivity contribution is 5.92. The van der Waals surface area contributed by atoms with Crippen LogP contribution >= 0.6 is 0 Å². The average Bonchev–Trinajstić information content (AvgIpc) is 3.28. The lowest BCUT2D eigenvalue weighted by molar-refractivity contribution is 0.146. The summed E-state index contributed by atoms with van der Waals surface area (Å²) in [6, 6.07) is 12.8. The maximum Gasteiger partial charge on any atom is 0.404 e. The Morgan fingerprint density at radius 3 is 2.94 bits per heavy atom. The van der Waals surface area contributed by atoms with Crippen LogP contribution in [0.1, 0.15) is 6.42 Å². The molecule has 4 aromatic rings. The molecule has 0 spiro atoms. The number of alkyl halides is 1. The minimum atomic E-state index is -1.31. The number of halogens is 1. The molecule has 0 aliphatic carbocycles. The fourth-order valence-electron chi connectivity index (χ4n) is 4.46. The predicted octanol–water partition coefficient (Wildman–Crippen LogP) is 3.76. The number of imidazole rings is 1. The number of para-hydroxylation sites is 1. The van der Waals surface area contributed by atoms with Crippen molar-refractivity contribution in [2.75, 3.05) is 38.3 Å². The van der Waals surface area contributed by atoms with Crippen molar-refractivity contribution in [3.63, 3.8) is 0 Å². The zero-order valence-corrected chi connectivity index (χ0v) is 19.2. The molecular formula is C25H26FN5O4. The molecule has 3 aromatic heterocycles. The third kappa shape index (κ3) is 4.69. The van der Waals surface area contributed by atoms with Gasteiger partial charge < -0.3 is 24.8 Å². The number of nitrogens with zero attached hydrogens (tertiary/aromatic N) is 4. The molecule has 1 fully saturated rings. The van der Waals surface area contributed by atoms with Gasteiger partial charge in [0.15, 0.2) is 0 Å². The first-order chi connectivity index (χ1) is 17.0. The highest BCUT2D eigenvalue weighted by Crippen LogP contribution is 2.31. The van der Waals surface area contributed by atoms with Crippen LogP contribution in [0.5, 0.6) is 5.75 Å².